The first kappa shape index (κ1) is 28.3. The zero-order valence-electron chi connectivity index (χ0n) is 24.1. The van der Waals surface area contributed by atoms with E-state index in [1.807, 2.05) is 36.4 Å². The summed E-state index contributed by atoms with van der Waals surface area (Å²) in [4.78, 5) is 18.5. The Hall–Kier alpha value is -4.43. The van der Waals surface area contributed by atoms with Gasteiger partial charge in [0.25, 0.3) is 0 Å². The molecule has 2 fully saturated rings. The standard InChI is InChI=1S/C31H36N10O3/c32-20-11-13-21(14-12-20)37-31-38-27(33-15-22(18-7-3-1-4-8-18)19-9-5-2-6-10-19)23-29(39-31)41(17-35-23)30-25(43)24(42)26(44-30)28-34-16-36-40-28/h1-10,16-17,20-22,24-26,30,42-43H,11-15,32H2,(H,34,36,40)(H2,33,37,38,39)/t20?,21?,24-,25+,26-,30+/m0/s1. The molecule has 0 bridgehead atoms. The Morgan fingerprint density at radius 1 is 0.932 bits per heavy atom. The van der Waals surface area contributed by atoms with Crippen molar-refractivity contribution in [1.29, 1.82) is 0 Å². The van der Waals surface area contributed by atoms with Crippen LogP contribution in [0.5, 0.6) is 0 Å². The lowest BCUT2D eigenvalue weighted by Crippen LogP contribution is -2.33. The van der Waals surface area contributed by atoms with Crippen LogP contribution in [0.1, 0.15) is 60.9 Å². The molecule has 7 N–H and O–H groups in total. The molecular weight excluding hydrogens is 560 g/mol. The zero-order chi connectivity index (χ0) is 30.0. The Balaban J connectivity index is 1.23. The summed E-state index contributed by atoms with van der Waals surface area (Å²) in [5.41, 5.74) is 9.48. The van der Waals surface area contributed by atoms with Gasteiger partial charge in [0.05, 0.1) is 6.33 Å². The molecule has 13 heteroatoms. The van der Waals surface area contributed by atoms with Gasteiger partial charge in [-0.25, -0.2) is 9.97 Å². The van der Waals surface area contributed by atoms with Crippen LogP contribution >= 0.6 is 0 Å². The van der Waals surface area contributed by atoms with Crippen LogP contribution in [-0.2, 0) is 4.74 Å². The molecule has 0 unspecified atom stereocenters. The molecule has 0 spiro atoms. The molecule has 1 saturated carbocycles. The molecule has 2 aromatic carbocycles. The maximum atomic E-state index is 11.0. The first-order valence-corrected chi connectivity index (χ1v) is 15.0. The Bertz CT molecular complexity index is 1620. The minimum Gasteiger partial charge on any atom is -0.387 e. The van der Waals surface area contributed by atoms with Gasteiger partial charge in [-0.3, -0.25) is 9.67 Å². The molecule has 44 heavy (non-hydrogen) atoms. The number of benzene rings is 2. The van der Waals surface area contributed by atoms with Crippen LogP contribution in [0.25, 0.3) is 11.2 Å². The fourth-order valence-electron chi connectivity index (χ4n) is 6.20. The van der Waals surface area contributed by atoms with Gasteiger partial charge in [-0.05, 0) is 36.8 Å². The third-order valence-electron chi connectivity index (χ3n) is 8.62. The number of aromatic nitrogens is 7. The van der Waals surface area contributed by atoms with Crippen molar-refractivity contribution < 1.29 is 14.9 Å². The predicted octanol–water partition coefficient (Wildman–Crippen LogP) is 2.86. The lowest BCUT2D eigenvalue weighted by molar-refractivity contribution is -0.0382. The van der Waals surface area contributed by atoms with Crippen molar-refractivity contribution in [3.8, 4) is 0 Å². The molecule has 4 heterocycles. The second-order valence-electron chi connectivity index (χ2n) is 11.5. The van der Waals surface area contributed by atoms with Crippen LogP contribution in [0, 0.1) is 0 Å². The van der Waals surface area contributed by atoms with Gasteiger partial charge in [-0.1, -0.05) is 60.7 Å². The van der Waals surface area contributed by atoms with Gasteiger partial charge in [0.1, 0.15) is 24.6 Å². The zero-order valence-corrected chi connectivity index (χ0v) is 24.1. The molecular formula is C31H36N10O3. The summed E-state index contributed by atoms with van der Waals surface area (Å²) in [5.74, 6) is 1.38. The van der Waals surface area contributed by atoms with E-state index >= 15 is 0 Å². The number of ether oxygens (including phenoxy) is 1. The molecule has 1 saturated heterocycles. The third-order valence-corrected chi connectivity index (χ3v) is 8.62. The number of aliphatic hydroxyl groups is 2. The van der Waals surface area contributed by atoms with Crippen LogP contribution in [0.4, 0.5) is 11.8 Å². The summed E-state index contributed by atoms with van der Waals surface area (Å²) >= 11 is 0. The van der Waals surface area contributed by atoms with E-state index in [0.717, 1.165) is 25.7 Å². The van der Waals surface area contributed by atoms with Gasteiger partial charge in [0.15, 0.2) is 29.0 Å². The van der Waals surface area contributed by atoms with Gasteiger partial charge in [-0.2, -0.15) is 15.1 Å². The molecule has 0 amide bonds. The number of aliphatic hydroxyl groups excluding tert-OH is 2. The molecule has 4 atom stereocenters. The molecule has 1 aliphatic heterocycles. The second kappa shape index (κ2) is 12.3. The smallest absolute Gasteiger partial charge is 0.227 e. The van der Waals surface area contributed by atoms with E-state index in [1.165, 1.54) is 17.5 Å². The van der Waals surface area contributed by atoms with Crippen molar-refractivity contribution in [2.24, 2.45) is 5.73 Å². The van der Waals surface area contributed by atoms with Crippen LogP contribution in [0.3, 0.4) is 0 Å². The van der Waals surface area contributed by atoms with Crippen LogP contribution in [-0.4, -0.2) is 75.7 Å². The van der Waals surface area contributed by atoms with Gasteiger partial charge >= 0.3 is 0 Å². The minimum atomic E-state index is -1.26. The number of anilines is 2. The minimum absolute atomic E-state index is 0.0542. The van der Waals surface area contributed by atoms with E-state index < -0.39 is 24.5 Å². The van der Waals surface area contributed by atoms with E-state index in [0.29, 0.717) is 35.3 Å². The number of rotatable bonds is 9. The number of nitrogens with two attached hydrogens (primary N) is 1. The monoisotopic (exact) mass is 596 g/mol. The van der Waals surface area contributed by atoms with Crippen molar-refractivity contribution >= 4 is 22.9 Å². The predicted molar refractivity (Wildman–Crippen MR) is 164 cm³/mol. The number of aromatic amines is 1. The maximum Gasteiger partial charge on any atom is 0.227 e. The lowest BCUT2D eigenvalue weighted by atomic mass is 9.91. The molecule has 13 nitrogen and oxygen atoms in total. The Morgan fingerprint density at radius 3 is 2.30 bits per heavy atom. The highest BCUT2D eigenvalue weighted by Gasteiger charge is 2.46. The summed E-state index contributed by atoms with van der Waals surface area (Å²) in [6, 6.07) is 21.1. The van der Waals surface area contributed by atoms with Crippen molar-refractivity contribution in [3.05, 3.63) is 90.3 Å². The highest BCUT2D eigenvalue weighted by Crippen LogP contribution is 2.39. The van der Waals surface area contributed by atoms with E-state index in [1.54, 1.807) is 10.9 Å². The average Bonchev–Trinajstić information content (AvgIpc) is 3.80. The van der Waals surface area contributed by atoms with Crippen LogP contribution < -0.4 is 16.4 Å². The van der Waals surface area contributed by atoms with Crippen molar-refractivity contribution in [3.63, 3.8) is 0 Å². The number of H-pyrrole nitrogens is 1. The Labute approximate surface area is 253 Å². The molecule has 3 aromatic heterocycles. The quantitative estimate of drug-likeness (QED) is 0.147. The second-order valence-corrected chi connectivity index (χ2v) is 11.5. The van der Waals surface area contributed by atoms with Crippen LogP contribution in [0.2, 0.25) is 0 Å². The Kier molecular flexibility index (Phi) is 7.91. The first-order valence-electron chi connectivity index (χ1n) is 15.0. The fraction of sp³-hybridized carbons (Fsp3) is 0.387. The maximum absolute atomic E-state index is 11.0. The lowest BCUT2D eigenvalue weighted by Gasteiger charge is -2.27. The summed E-state index contributed by atoms with van der Waals surface area (Å²) in [6.07, 6.45) is 2.25. The number of nitrogens with zero attached hydrogens (tertiary/aromatic N) is 6. The van der Waals surface area contributed by atoms with E-state index in [4.69, 9.17) is 20.4 Å². The number of hydrogen-bond acceptors (Lipinski definition) is 11. The van der Waals surface area contributed by atoms with Crippen molar-refractivity contribution in [2.45, 2.75) is 68.2 Å². The molecule has 0 radical (unpaired) electrons. The highest BCUT2D eigenvalue weighted by atomic mass is 16.6. The van der Waals surface area contributed by atoms with Crippen molar-refractivity contribution in [2.75, 3.05) is 17.2 Å². The third kappa shape index (κ3) is 5.62. The number of hydrogen-bond donors (Lipinski definition) is 6. The van der Waals surface area contributed by atoms with Gasteiger partial charge < -0.3 is 31.3 Å². The summed E-state index contributed by atoms with van der Waals surface area (Å²) < 4.78 is 7.75. The summed E-state index contributed by atoms with van der Waals surface area (Å²) in [5, 5.41) is 35.5. The SMILES string of the molecule is NC1CCC(Nc2nc(NCC(c3ccccc3)c3ccccc3)c3ncn([C@@H]4O[C@H](c5ncn[nH]5)[C@@H](O)[C@H]4O)c3n2)CC1. The van der Waals surface area contributed by atoms with E-state index in [2.05, 4.69) is 55.1 Å². The average molecular weight is 597 g/mol. The molecule has 2 aliphatic rings. The van der Waals surface area contributed by atoms with Gasteiger partial charge in [-0.15, -0.1) is 0 Å². The van der Waals surface area contributed by atoms with Gasteiger partial charge in [0, 0.05) is 24.5 Å². The number of fused-ring (bicyclic) bond motifs is 1. The molecule has 7 rings (SSSR count). The Morgan fingerprint density at radius 2 is 1.64 bits per heavy atom. The molecule has 1 aliphatic carbocycles. The highest BCUT2D eigenvalue weighted by molar-refractivity contribution is 5.84. The van der Waals surface area contributed by atoms with Gasteiger partial charge in [0.2, 0.25) is 5.95 Å². The molecule has 5 aromatic rings. The summed E-state index contributed by atoms with van der Waals surface area (Å²) in [7, 11) is 0. The molecule has 228 valence electrons. The largest absolute Gasteiger partial charge is 0.387 e. The number of nitrogens with one attached hydrogen (secondary N) is 3. The van der Waals surface area contributed by atoms with Crippen LogP contribution in [0.15, 0.2) is 73.3 Å². The van der Waals surface area contributed by atoms with Crippen molar-refractivity contribution in [1.82, 2.24) is 34.7 Å². The topological polar surface area (TPSA) is 185 Å². The normalized spacial score (nSPS) is 25.5. The van der Waals surface area contributed by atoms with E-state index in [-0.39, 0.29) is 18.0 Å². The van der Waals surface area contributed by atoms with E-state index in [9.17, 15) is 10.2 Å². The fourth-order valence-corrected chi connectivity index (χ4v) is 6.20. The first-order chi connectivity index (χ1) is 21.5. The number of imidazole rings is 1. The summed E-state index contributed by atoms with van der Waals surface area (Å²) in [6.45, 7) is 0.555.